The van der Waals surface area contributed by atoms with Crippen LogP contribution in [-0.4, -0.2) is 40.9 Å². The zero-order valence-electron chi connectivity index (χ0n) is 12.9. The first-order valence-electron chi connectivity index (χ1n) is 6.67. The molecular formula is C14H16N6O3. The van der Waals surface area contributed by atoms with Crippen LogP contribution >= 0.6 is 0 Å². The number of carbonyl (C=O) groups is 1. The highest BCUT2D eigenvalue weighted by atomic mass is 16.6. The predicted octanol–water partition coefficient (Wildman–Crippen LogP) is 1.16. The van der Waals surface area contributed by atoms with E-state index < -0.39 is 10.8 Å². The standard InChI is InChI=1S/C14H16N6O3/c1-18(2)11-6-4-10(5-7-11)8-15-16-14(21)13-12(20(22)23)9-19(3)17-13/h4-9H,1-3H3,(H,16,21)/b15-8-. The summed E-state index contributed by atoms with van der Waals surface area (Å²) in [4.78, 5) is 24.1. The maximum Gasteiger partial charge on any atom is 0.320 e. The molecule has 0 saturated heterocycles. The summed E-state index contributed by atoms with van der Waals surface area (Å²) in [6, 6.07) is 7.50. The number of hydrogen-bond acceptors (Lipinski definition) is 6. The molecule has 0 aliphatic carbocycles. The van der Waals surface area contributed by atoms with Gasteiger partial charge in [0.05, 0.1) is 11.1 Å². The van der Waals surface area contributed by atoms with Gasteiger partial charge in [0.2, 0.25) is 5.69 Å². The molecule has 9 heteroatoms. The molecule has 0 aliphatic rings. The van der Waals surface area contributed by atoms with Crippen LogP contribution in [0.1, 0.15) is 16.1 Å². The number of aromatic nitrogens is 2. The van der Waals surface area contributed by atoms with Crippen LogP contribution in [0.25, 0.3) is 0 Å². The molecule has 0 radical (unpaired) electrons. The summed E-state index contributed by atoms with van der Waals surface area (Å²) < 4.78 is 1.21. The first-order chi connectivity index (χ1) is 10.9. The summed E-state index contributed by atoms with van der Waals surface area (Å²) in [5.41, 5.74) is 3.41. The molecule has 1 aromatic carbocycles. The van der Waals surface area contributed by atoms with Gasteiger partial charge in [-0.3, -0.25) is 19.6 Å². The van der Waals surface area contributed by atoms with Crippen LogP contribution in [0.15, 0.2) is 35.6 Å². The summed E-state index contributed by atoms with van der Waals surface area (Å²) in [7, 11) is 5.37. The molecule has 9 nitrogen and oxygen atoms in total. The number of carbonyl (C=O) groups excluding carboxylic acids is 1. The van der Waals surface area contributed by atoms with Crippen molar-refractivity contribution in [1.29, 1.82) is 0 Å². The molecular weight excluding hydrogens is 300 g/mol. The van der Waals surface area contributed by atoms with Crippen LogP contribution in [0.3, 0.4) is 0 Å². The maximum absolute atomic E-state index is 11.9. The molecule has 1 N–H and O–H groups in total. The second kappa shape index (κ2) is 6.69. The highest BCUT2D eigenvalue weighted by molar-refractivity contribution is 5.96. The normalized spacial score (nSPS) is 10.7. The zero-order valence-corrected chi connectivity index (χ0v) is 12.9. The minimum absolute atomic E-state index is 0.280. The highest BCUT2D eigenvalue weighted by Crippen LogP contribution is 2.15. The second-order valence-electron chi connectivity index (χ2n) is 4.98. The fourth-order valence-electron chi connectivity index (χ4n) is 1.85. The van der Waals surface area contributed by atoms with Crippen molar-refractivity contribution in [2.75, 3.05) is 19.0 Å². The van der Waals surface area contributed by atoms with Crippen LogP contribution in [0.2, 0.25) is 0 Å². The molecule has 1 heterocycles. The fraction of sp³-hybridized carbons (Fsp3) is 0.214. The predicted molar refractivity (Wildman–Crippen MR) is 85.7 cm³/mol. The number of nitrogens with one attached hydrogen (secondary N) is 1. The average Bonchev–Trinajstić information content (AvgIpc) is 2.90. The summed E-state index contributed by atoms with van der Waals surface area (Å²) in [6.45, 7) is 0. The Labute approximate surface area is 132 Å². The van der Waals surface area contributed by atoms with Crippen LogP contribution < -0.4 is 10.3 Å². The molecule has 23 heavy (non-hydrogen) atoms. The second-order valence-corrected chi connectivity index (χ2v) is 4.98. The molecule has 2 aromatic rings. The van der Waals surface area contributed by atoms with Crippen molar-refractivity contribution in [1.82, 2.24) is 15.2 Å². The number of nitro groups is 1. The molecule has 0 spiro atoms. The molecule has 120 valence electrons. The topological polar surface area (TPSA) is 106 Å². The molecule has 1 aromatic heterocycles. The van der Waals surface area contributed by atoms with Crippen LogP contribution in [0, 0.1) is 10.1 Å². The van der Waals surface area contributed by atoms with Gasteiger partial charge in [-0.15, -0.1) is 0 Å². The average molecular weight is 316 g/mol. The Bertz CT molecular complexity index is 748. The number of amides is 1. The minimum atomic E-state index is -0.738. The van der Waals surface area contributed by atoms with Gasteiger partial charge < -0.3 is 4.90 Å². The van der Waals surface area contributed by atoms with Crippen LogP contribution in [-0.2, 0) is 7.05 Å². The van der Waals surface area contributed by atoms with E-state index in [0.717, 1.165) is 11.3 Å². The highest BCUT2D eigenvalue weighted by Gasteiger charge is 2.24. The van der Waals surface area contributed by atoms with Gasteiger partial charge in [0, 0.05) is 26.8 Å². The van der Waals surface area contributed by atoms with Crippen molar-refractivity contribution in [2.24, 2.45) is 12.1 Å². The Kier molecular flexibility index (Phi) is 4.69. The number of nitrogens with zero attached hydrogens (tertiary/aromatic N) is 5. The largest absolute Gasteiger partial charge is 0.378 e. The lowest BCUT2D eigenvalue weighted by Gasteiger charge is -2.11. The van der Waals surface area contributed by atoms with E-state index in [9.17, 15) is 14.9 Å². The molecule has 0 atom stereocenters. The van der Waals surface area contributed by atoms with E-state index in [1.54, 1.807) is 0 Å². The number of benzene rings is 1. The van der Waals surface area contributed by atoms with Crippen molar-refractivity contribution < 1.29 is 9.72 Å². The molecule has 0 fully saturated rings. The van der Waals surface area contributed by atoms with E-state index in [-0.39, 0.29) is 11.4 Å². The Morgan fingerprint density at radius 2 is 2.04 bits per heavy atom. The first-order valence-corrected chi connectivity index (χ1v) is 6.67. The zero-order chi connectivity index (χ0) is 17.0. The summed E-state index contributed by atoms with van der Waals surface area (Å²) in [6.07, 6.45) is 2.62. The quantitative estimate of drug-likeness (QED) is 0.506. The van der Waals surface area contributed by atoms with Gasteiger partial charge in [0.25, 0.3) is 5.91 Å². The number of hydrogen-bond donors (Lipinski definition) is 1. The number of hydrazone groups is 1. The van der Waals surface area contributed by atoms with Gasteiger partial charge in [-0.25, -0.2) is 5.43 Å². The fourth-order valence-corrected chi connectivity index (χ4v) is 1.85. The summed E-state index contributed by atoms with van der Waals surface area (Å²) in [5, 5.41) is 18.4. The van der Waals surface area contributed by atoms with Crippen LogP contribution in [0.5, 0.6) is 0 Å². The van der Waals surface area contributed by atoms with E-state index >= 15 is 0 Å². The minimum Gasteiger partial charge on any atom is -0.378 e. The van der Waals surface area contributed by atoms with Gasteiger partial charge in [0.15, 0.2) is 0 Å². The van der Waals surface area contributed by atoms with Gasteiger partial charge in [-0.1, -0.05) is 12.1 Å². The molecule has 0 bridgehead atoms. The summed E-state index contributed by atoms with van der Waals surface area (Å²) in [5.74, 6) is -0.738. The van der Waals surface area contributed by atoms with E-state index in [1.807, 2.05) is 43.3 Å². The lowest BCUT2D eigenvalue weighted by atomic mass is 10.2. The maximum atomic E-state index is 11.9. The Hall–Kier alpha value is -3.23. The number of anilines is 1. The monoisotopic (exact) mass is 316 g/mol. The molecule has 1 amide bonds. The Morgan fingerprint density at radius 1 is 1.39 bits per heavy atom. The van der Waals surface area contributed by atoms with Crippen LogP contribution in [0.4, 0.5) is 11.4 Å². The van der Waals surface area contributed by atoms with Crippen molar-refractivity contribution in [3.8, 4) is 0 Å². The van der Waals surface area contributed by atoms with E-state index in [2.05, 4.69) is 15.6 Å². The number of rotatable bonds is 5. The van der Waals surface area contributed by atoms with Gasteiger partial charge >= 0.3 is 5.69 Å². The first kappa shape index (κ1) is 16.1. The third-order valence-electron chi connectivity index (χ3n) is 3.01. The van der Waals surface area contributed by atoms with E-state index in [4.69, 9.17) is 0 Å². The smallest absolute Gasteiger partial charge is 0.320 e. The van der Waals surface area contributed by atoms with E-state index in [1.165, 1.54) is 24.1 Å². The van der Waals surface area contributed by atoms with Crippen molar-refractivity contribution in [3.05, 3.63) is 51.8 Å². The lowest BCUT2D eigenvalue weighted by Crippen LogP contribution is -2.19. The number of aryl methyl sites for hydroxylation is 1. The molecule has 2 rings (SSSR count). The lowest BCUT2D eigenvalue weighted by molar-refractivity contribution is -0.385. The Balaban J connectivity index is 2.05. The third-order valence-corrected chi connectivity index (χ3v) is 3.01. The molecule has 0 aliphatic heterocycles. The van der Waals surface area contributed by atoms with Crippen molar-refractivity contribution in [2.45, 2.75) is 0 Å². The van der Waals surface area contributed by atoms with Gasteiger partial charge in [0.1, 0.15) is 6.20 Å². The summed E-state index contributed by atoms with van der Waals surface area (Å²) >= 11 is 0. The van der Waals surface area contributed by atoms with E-state index in [0.29, 0.717) is 0 Å². The van der Waals surface area contributed by atoms with Crippen molar-refractivity contribution in [3.63, 3.8) is 0 Å². The van der Waals surface area contributed by atoms with Gasteiger partial charge in [-0.05, 0) is 17.7 Å². The molecule has 0 saturated carbocycles. The molecule has 0 unspecified atom stereocenters. The Morgan fingerprint density at radius 3 is 2.61 bits per heavy atom. The third kappa shape index (κ3) is 3.90. The van der Waals surface area contributed by atoms with Crippen molar-refractivity contribution >= 4 is 23.5 Å². The SMILES string of the molecule is CN(C)c1ccc(/C=N\NC(=O)c2nn(C)cc2[N+](=O)[O-])cc1. The van der Waals surface area contributed by atoms with Gasteiger partial charge in [-0.2, -0.15) is 10.2 Å².